The molecule has 2 atom stereocenters. The fraction of sp³-hybridized carbons (Fsp3) is 0.632. The third-order valence-corrected chi connectivity index (χ3v) is 5.31. The van der Waals surface area contributed by atoms with E-state index in [1.807, 2.05) is 30.1 Å². The zero-order valence-corrected chi connectivity index (χ0v) is 15.1. The number of carbonyl (C=O) groups is 1. The van der Waals surface area contributed by atoms with E-state index in [1.54, 1.807) is 14.2 Å². The van der Waals surface area contributed by atoms with Crippen LogP contribution in [0.25, 0.3) is 0 Å². The quantitative estimate of drug-likeness (QED) is 0.802. The van der Waals surface area contributed by atoms with Crippen LogP contribution in [-0.2, 0) is 4.74 Å². The predicted octanol–water partition coefficient (Wildman–Crippen LogP) is 2.36. The highest BCUT2D eigenvalue weighted by Crippen LogP contribution is 2.44. The molecular weight excluding hydrogens is 304 g/mol. The van der Waals surface area contributed by atoms with Crippen LogP contribution in [0.15, 0.2) is 18.2 Å². The van der Waals surface area contributed by atoms with E-state index in [9.17, 15) is 4.79 Å². The fourth-order valence-electron chi connectivity index (χ4n) is 3.61. The fourth-order valence-corrected chi connectivity index (χ4v) is 3.61. The Morgan fingerprint density at radius 1 is 1.33 bits per heavy atom. The summed E-state index contributed by atoms with van der Waals surface area (Å²) >= 11 is 0. The number of amides is 1. The summed E-state index contributed by atoms with van der Waals surface area (Å²) in [5.74, 6) is 1.53. The van der Waals surface area contributed by atoms with Crippen LogP contribution in [0.4, 0.5) is 0 Å². The average molecular weight is 332 g/mol. The Morgan fingerprint density at radius 2 is 2.08 bits per heavy atom. The Morgan fingerprint density at radius 3 is 2.67 bits per heavy atom. The number of hydrogen-bond acceptors (Lipinski definition) is 4. The molecular formula is C19H28N2O3. The highest BCUT2D eigenvalue weighted by atomic mass is 16.5. The second-order valence-corrected chi connectivity index (χ2v) is 7.10. The Hall–Kier alpha value is -1.59. The van der Waals surface area contributed by atoms with Gasteiger partial charge in [0.1, 0.15) is 5.75 Å². The van der Waals surface area contributed by atoms with Gasteiger partial charge in [0.15, 0.2) is 0 Å². The number of methoxy groups -OCH3 is 2. The van der Waals surface area contributed by atoms with Crippen molar-refractivity contribution in [2.75, 3.05) is 41.4 Å². The molecule has 1 aliphatic heterocycles. The number of rotatable bonds is 6. The van der Waals surface area contributed by atoms with E-state index in [-0.39, 0.29) is 12.0 Å². The van der Waals surface area contributed by atoms with Crippen molar-refractivity contribution in [2.45, 2.75) is 37.3 Å². The second kappa shape index (κ2) is 7.11. The summed E-state index contributed by atoms with van der Waals surface area (Å²) in [6.45, 7) is 1.65. The summed E-state index contributed by atoms with van der Waals surface area (Å²) in [6, 6.07) is 6.17. The van der Waals surface area contributed by atoms with Crippen LogP contribution < -0.4 is 4.74 Å². The van der Waals surface area contributed by atoms with Crippen LogP contribution in [0, 0.1) is 0 Å². The van der Waals surface area contributed by atoms with Crippen LogP contribution in [-0.4, -0.2) is 69.3 Å². The van der Waals surface area contributed by atoms with Crippen molar-refractivity contribution in [1.29, 1.82) is 0 Å². The van der Waals surface area contributed by atoms with Gasteiger partial charge in [0.05, 0.1) is 13.2 Å². The lowest BCUT2D eigenvalue weighted by molar-refractivity contribution is 0.0760. The minimum atomic E-state index is 0.0776. The minimum Gasteiger partial charge on any atom is -0.496 e. The molecule has 1 heterocycles. The lowest BCUT2D eigenvalue weighted by Crippen LogP contribution is -2.39. The number of ether oxygens (including phenoxy) is 2. The summed E-state index contributed by atoms with van der Waals surface area (Å²) in [4.78, 5) is 16.9. The van der Waals surface area contributed by atoms with Crippen molar-refractivity contribution in [2.24, 2.45) is 0 Å². The van der Waals surface area contributed by atoms with Crippen LogP contribution in [0.3, 0.4) is 0 Å². The molecule has 2 aliphatic rings. The normalized spacial score (nSPS) is 24.2. The first kappa shape index (κ1) is 17.2. The zero-order chi connectivity index (χ0) is 17.3. The maximum absolute atomic E-state index is 12.8. The van der Waals surface area contributed by atoms with Crippen molar-refractivity contribution >= 4 is 5.91 Å². The number of hydrogen-bond donors (Lipinski definition) is 0. The second-order valence-electron chi connectivity index (χ2n) is 7.10. The Labute approximate surface area is 144 Å². The number of nitrogens with zero attached hydrogens (tertiary/aromatic N) is 2. The van der Waals surface area contributed by atoms with E-state index in [2.05, 4.69) is 11.9 Å². The van der Waals surface area contributed by atoms with E-state index in [0.29, 0.717) is 12.0 Å². The summed E-state index contributed by atoms with van der Waals surface area (Å²) in [5.41, 5.74) is 1.93. The van der Waals surface area contributed by atoms with Crippen LogP contribution >= 0.6 is 0 Å². The molecule has 1 aromatic carbocycles. The smallest absolute Gasteiger partial charge is 0.253 e. The molecule has 5 heteroatoms. The van der Waals surface area contributed by atoms with E-state index in [0.717, 1.165) is 30.8 Å². The molecule has 0 N–H and O–H groups in total. The summed E-state index contributed by atoms with van der Waals surface area (Å²) in [7, 11) is 7.43. The van der Waals surface area contributed by atoms with Gasteiger partial charge in [0, 0.05) is 38.9 Å². The molecule has 5 nitrogen and oxygen atoms in total. The molecule has 24 heavy (non-hydrogen) atoms. The molecule has 1 saturated heterocycles. The summed E-state index contributed by atoms with van der Waals surface area (Å²) in [5, 5.41) is 0. The monoisotopic (exact) mass is 332 g/mol. The Bertz CT molecular complexity index is 600. The molecule has 3 rings (SSSR count). The third-order valence-electron chi connectivity index (χ3n) is 5.31. The average Bonchev–Trinajstić information content (AvgIpc) is 3.38. The molecule has 1 aromatic rings. The van der Waals surface area contributed by atoms with Gasteiger partial charge in [0.2, 0.25) is 0 Å². The van der Waals surface area contributed by atoms with Crippen molar-refractivity contribution in [1.82, 2.24) is 9.80 Å². The molecule has 0 bridgehead atoms. The van der Waals surface area contributed by atoms with Crippen molar-refractivity contribution in [3.8, 4) is 5.75 Å². The molecule has 0 radical (unpaired) electrons. The lowest BCUT2D eigenvalue weighted by Gasteiger charge is -2.26. The van der Waals surface area contributed by atoms with Crippen molar-refractivity contribution < 1.29 is 14.3 Å². The molecule has 132 valence electrons. The first-order valence-electron chi connectivity index (χ1n) is 8.70. The largest absolute Gasteiger partial charge is 0.496 e. The van der Waals surface area contributed by atoms with Gasteiger partial charge in [0.25, 0.3) is 5.91 Å². The maximum Gasteiger partial charge on any atom is 0.253 e. The Kier molecular flexibility index (Phi) is 5.11. The number of likely N-dealkylation sites (N-methyl/N-ethyl adjacent to an activating group) is 2. The summed E-state index contributed by atoms with van der Waals surface area (Å²) < 4.78 is 10.9. The van der Waals surface area contributed by atoms with Crippen LogP contribution in [0.2, 0.25) is 0 Å². The molecule has 2 fully saturated rings. The SMILES string of the molecule is COc1ccc(C(=O)N(C)C[C@@H]2C[C@H](OC)CN2C)cc1C1CC1. The number of carbonyl (C=O) groups excluding carboxylic acids is 1. The van der Waals surface area contributed by atoms with E-state index >= 15 is 0 Å². The summed E-state index contributed by atoms with van der Waals surface area (Å²) in [6.07, 6.45) is 3.62. The first-order chi connectivity index (χ1) is 11.5. The van der Waals surface area contributed by atoms with Crippen LogP contribution in [0.1, 0.15) is 41.1 Å². The van der Waals surface area contributed by atoms with Crippen molar-refractivity contribution in [3.63, 3.8) is 0 Å². The van der Waals surface area contributed by atoms with E-state index in [4.69, 9.17) is 9.47 Å². The van der Waals surface area contributed by atoms with Gasteiger partial charge in [-0.05, 0) is 56.0 Å². The Balaban J connectivity index is 1.68. The molecule has 1 saturated carbocycles. The molecule has 1 amide bonds. The zero-order valence-electron chi connectivity index (χ0n) is 15.1. The molecule has 1 aliphatic carbocycles. The molecule has 0 unspecified atom stereocenters. The standard InChI is InChI=1S/C19H28N2O3/c1-20-12-16(23-3)10-15(20)11-21(2)19(22)14-7-8-18(24-4)17(9-14)13-5-6-13/h7-9,13,15-16H,5-6,10-12H2,1-4H3/t15-,16-/m0/s1. The van der Waals surface area contributed by atoms with Crippen LogP contribution in [0.5, 0.6) is 5.75 Å². The number of benzene rings is 1. The minimum absolute atomic E-state index is 0.0776. The van der Waals surface area contributed by atoms with E-state index < -0.39 is 0 Å². The van der Waals surface area contributed by atoms with Gasteiger partial charge < -0.3 is 14.4 Å². The van der Waals surface area contributed by atoms with Crippen molar-refractivity contribution in [3.05, 3.63) is 29.3 Å². The highest BCUT2D eigenvalue weighted by molar-refractivity contribution is 5.94. The van der Waals surface area contributed by atoms with Gasteiger partial charge in [-0.25, -0.2) is 0 Å². The molecule has 0 aromatic heterocycles. The van der Waals surface area contributed by atoms with Gasteiger partial charge in [-0.2, -0.15) is 0 Å². The first-order valence-corrected chi connectivity index (χ1v) is 8.70. The third kappa shape index (κ3) is 3.57. The topological polar surface area (TPSA) is 42.0 Å². The molecule has 0 spiro atoms. The van der Waals surface area contributed by atoms with Gasteiger partial charge in [-0.1, -0.05) is 0 Å². The predicted molar refractivity (Wildman–Crippen MR) is 93.8 cm³/mol. The van der Waals surface area contributed by atoms with Gasteiger partial charge >= 0.3 is 0 Å². The lowest BCUT2D eigenvalue weighted by atomic mass is 10.0. The van der Waals surface area contributed by atoms with Gasteiger partial charge in [-0.15, -0.1) is 0 Å². The van der Waals surface area contributed by atoms with E-state index in [1.165, 1.54) is 18.4 Å². The highest BCUT2D eigenvalue weighted by Gasteiger charge is 2.32. The maximum atomic E-state index is 12.8. The number of likely N-dealkylation sites (tertiary alicyclic amines) is 1. The van der Waals surface area contributed by atoms with Gasteiger partial charge in [-0.3, -0.25) is 9.69 Å².